The number of nitrogens with one attached hydrogen (secondary N) is 2. The van der Waals surface area contributed by atoms with Crippen molar-refractivity contribution in [3.8, 4) is 0 Å². The Morgan fingerprint density at radius 2 is 1.48 bits per heavy atom. The predicted octanol–water partition coefficient (Wildman–Crippen LogP) is 3.93. The van der Waals surface area contributed by atoms with E-state index < -0.39 is 23.8 Å². The van der Waals surface area contributed by atoms with Crippen LogP contribution in [0.25, 0.3) is 0 Å². The molecule has 0 aliphatic heterocycles. The quantitative estimate of drug-likeness (QED) is 0.519. The third-order valence-corrected chi connectivity index (χ3v) is 4.13. The van der Waals surface area contributed by atoms with Gasteiger partial charge in [0.15, 0.2) is 0 Å². The van der Waals surface area contributed by atoms with Gasteiger partial charge in [0.05, 0.1) is 0 Å². The van der Waals surface area contributed by atoms with Crippen LogP contribution in [0.4, 0.5) is 9.59 Å². The highest BCUT2D eigenvalue weighted by molar-refractivity contribution is 5.85. The summed E-state index contributed by atoms with van der Waals surface area (Å²) in [5.41, 5.74) is 6.39. The minimum Gasteiger partial charge on any atom is -0.445 e. The molecule has 3 amide bonds. The Morgan fingerprint density at radius 1 is 0.939 bits per heavy atom. The maximum Gasteiger partial charge on any atom is 0.408 e. The molecule has 0 radical (unpaired) electrons. The van der Waals surface area contributed by atoms with Crippen LogP contribution in [0, 0.1) is 0 Å². The van der Waals surface area contributed by atoms with E-state index in [2.05, 4.69) is 27.5 Å². The molecular formula is C25H35N3O5. The predicted molar refractivity (Wildman–Crippen MR) is 127 cm³/mol. The zero-order chi connectivity index (χ0) is 24.7. The molecule has 0 heterocycles. The molecule has 0 saturated carbocycles. The summed E-state index contributed by atoms with van der Waals surface area (Å²) >= 11 is 0. The first kappa shape index (κ1) is 27.5. The first-order chi connectivity index (χ1) is 15.6. The number of carbonyl (C=O) groups is 3. The average molecular weight is 458 g/mol. The van der Waals surface area contributed by atoms with Gasteiger partial charge in [0, 0.05) is 6.54 Å². The fourth-order valence-corrected chi connectivity index (χ4v) is 2.58. The third-order valence-electron chi connectivity index (χ3n) is 4.13. The number of aryl methyl sites for hydroxylation is 1. The molecule has 0 spiro atoms. The van der Waals surface area contributed by atoms with Crippen molar-refractivity contribution in [3.05, 3.63) is 71.8 Å². The number of benzene rings is 2. The van der Waals surface area contributed by atoms with Gasteiger partial charge in [-0.1, -0.05) is 60.7 Å². The summed E-state index contributed by atoms with van der Waals surface area (Å²) in [6.07, 6.45) is 0.442. The van der Waals surface area contributed by atoms with E-state index in [4.69, 9.17) is 10.5 Å². The van der Waals surface area contributed by atoms with Crippen LogP contribution in [-0.4, -0.2) is 36.3 Å². The van der Waals surface area contributed by atoms with Crippen LogP contribution in [0.3, 0.4) is 0 Å². The largest absolute Gasteiger partial charge is 0.445 e. The van der Waals surface area contributed by atoms with E-state index in [1.54, 1.807) is 27.7 Å². The van der Waals surface area contributed by atoms with E-state index in [0.717, 1.165) is 18.4 Å². The van der Waals surface area contributed by atoms with Crippen LogP contribution in [0.5, 0.6) is 0 Å². The topological polar surface area (TPSA) is 120 Å². The summed E-state index contributed by atoms with van der Waals surface area (Å²) in [6, 6.07) is 18.9. The van der Waals surface area contributed by atoms with E-state index >= 15 is 0 Å². The summed E-state index contributed by atoms with van der Waals surface area (Å²) in [4.78, 5) is 33.6. The normalized spacial score (nSPS) is 11.3. The molecule has 180 valence electrons. The number of primary amides is 1. The lowest BCUT2D eigenvalue weighted by molar-refractivity contribution is -0.122. The van der Waals surface area contributed by atoms with Gasteiger partial charge in [0.1, 0.15) is 18.2 Å². The second-order valence-electron chi connectivity index (χ2n) is 8.34. The monoisotopic (exact) mass is 457 g/mol. The minimum atomic E-state index is -0.742. The molecule has 8 nitrogen and oxygen atoms in total. The highest BCUT2D eigenvalue weighted by Gasteiger charge is 2.20. The Kier molecular flexibility index (Phi) is 12.1. The van der Waals surface area contributed by atoms with E-state index in [0.29, 0.717) is 6.54 Å². The van der Waals surface area contributed by atoms with Crippen molar-refractivity contribution in [1.29, 1.82) is 0 Å². The Morgan fingerprint density at radius 3 is 2.00 bits per heavy atom. The zero-order valence-corrected chi connectivity index (χ0v) is 19.8. The fraction of sp³-hybridized carbons (Fsp3) is 0.400. The second kappa shape index (κ2) is 14.5. The molecular weight excluding hydrogens is 422 g/mol. The Hall–Kier alpha value is -3.55. The van der Waals surface area contributed by atoms with Gasteiger partial charge in [-0.2, -0.15) is 0 Å². The van der Waals surface area contributed by atoms with Crippen molar-refractivity contribution in [1.82, 2.24) is 10.6 Å². The van der Waals surface area contributed by atoms with Gasteiger partial charge in [-0.15, -0.1) is 0 Å². The van der Waals surface area contributed by atoms with Crippen LogP contribution in [-0.2, 0) is 27.3 Å². The lowest BCUT2D eigenvalue weighted by atomic mass is 10.1. The highest BCUT2D eigenvalue weighted by Crippen LogP contribution is 2.07. The average Bonchev–Trinajstić information content (AvgIpc) is 2.75. The van der Waals surface area contributed by atoms with E-state index in [9.17, 15) is 14.4 Å². The minimum absolute atomic E-state index is 0.209. The molecule has 1 unspecified atom stereocenters. The van der Waals surface area contributed by atoms with Crippen molar-refractivity contribution in [2.75, 3.05) is 6.54 Å². The second-order valence-corrected chi connectivity index (χ2v) is 8.34. The maximum absolute atomic E-state index is 11.9. The molecule has 0 fully saturated rings. The van der Waals surface area contributed by atoms with Gasteiger partial charge >= 0.3 is 12.2 Å². The van der Waals surface area contributed by atoms with Gasteiger partial charge in [0.25, 0.3) is 0 Å². The number of ether oxygens (including phenoxy) is 2. The summed E-state index contributed by atoms with van der Waals surface area (Å²) in [5, 5.41) is 5.33. The molecule has 4 N–H and O–H groups in total. The van der Waals surface area contributed by atoms with Gasteiger partial charge < -0.3 is 25.8 Å². The van der Waals surface area contributed by atoms with Crippen molar-refractivity contribution in [2.45, 2.75) is 58.8 Å². The molecule has 2 rings (SSSR count). The third kappa shape index (κ3) is 14.2. The molecule has 2 aromatic carbocycles. The molecule has 0 bridgehead atoms. The zero-order valence-electron chi connectivity index (χ0n) is 19.8. The number of hydrogen-bond donors (Lipinski definition) is 3. The number of nitrogens with two attached hydrogens (primary N) is 1. The molecule has 33 heavy (non-hydrogen) atoms. The number of carbonyl (C=O) groups excluding carboxylic acids is 3. The van der Waals surface area contributed by atoms with Gasteiger partial charge in [-0.25, -0.2) is 9.59 Å². The van der Waals surface area contributed by atoms with Crippen molar-refractivity contribution < 1.29 is 23.9 Å². The molecule has 0 saturated heterocycles. The first-order valence-corrected chi connectivity index (χ1v) is 10.8. The fourth-order valence-electron chi connectivity index (χ4n) is 2.58. The van der Waals surface area contributed by atoms with Crippen molar-refractivity contribution >= 4 is 18.1 Å². The number of amides is 3. The molecule has 2 aromatic rings. The molecule has 0 aromatic heterocycles. The molecule has 1 atom stereocenters. The Bertz CT molecular complexity index is 851. The van der Waals surface area contributed by atoms with Crippen molar-refractivity contribution in [3.63, 3.8) is 0 Å². The van der Waals surface area contributed by atoms with Crippen LogP contribution in [0.15, 0.2) is 60.7 Å². The van der Waals surface area contributed by atoms with Gasteiger partial charge in [0.2, 0.25) is 5.91 Å². The van der Waals surface area contributed by atoms with Crippen LogP contribution in [0.2, 0.25) is 0 Å². The molecule has 0 aliphatic rings. The Labute approximate surface area is 195 Å². The summed E-state index contributed by atoms with van der Waals surface area (Å²) in [6.45, 7) is 7.80. The molecule has 8 heteroatoms. The summed E-state index contributed by atoms with van der Waals surface area (Å²) < 4.78 is 9.68. The van der Waals surface area contributed by atoms with Crippen LogP contribution in [0.1, 0.15) is 45.2 Å². The Balaban J connectivity index is 0.000000412. The van der Waals surface area contributed by atoms with Crippen molar-refractivity contribution in [2.24, 2.45) is 5.73 Å². The van der Waals surface area contributed by atoms with Crippen LogP contribution >= 0.6 is 0 Å². The maximum atomic E-state index is 11.9. The van der Waals surface area contributed by atoms with Gasteiger partial charge in [-0.05, 0) is 51.7 Å². The number of alkyl carbamates (subject to hydrolysis) is 1. The summed E-state index contributed by atoms with van der Waals surface area (Å²) in [5.74, 6) is -0.209. The van der Waals surface area contributed by atoms with E-state index in [1.165, 1.54) is 5.56 Å². The standard InChI is InChI=1S/C17H26N2O3.C8H9NO2/c1-13(19-16(21)22-17(2,3)4)15(20)18-12-8-11-14-9-6-5-7-10-14;9-8(10)11-6-7-4-2-1-3-5-7/h5-7,9-10,13H,8,11-12H2,1-4H3,(H,18,20)(H,19,21);1-5H,6H2,(H2,9,10). The van der Waals surface area contributed by atoms with Crippen LogP contribution < -0.4 is 16.4 Å². The smallest absolute Gasteiger partial charge is 0.408 e. The lowest BCUT2D eigenvalue weighted by Gasteiger charge is -2.21. The lowest BCUT2D eigenvalue weighted by Crippen LogP contribution is -2.46. The number of rotatable bonds is 8. The number of hydrogen-bond acceptors (Lipinski definition) is 5. The first-order valence-electron chi connectivity index (χ1n) is 10.8. The SMILES string of the molecule is CC(NC(=O)OC(C)(C)C)C(=O)NCCCc1ccccc1.NC(=O)OCc1ccccc1. The summed E-state index contributed by atoms with van der Waals surface area (Å²) in [7, 11) is 0. The van der Waals surface area contributed by atoms with E-state index in [-0.39, 0.29) is 12.5 Å². The van der Waals surface area contributed by atoms with Gasteiger partial charge in [-0.3, -0.25) is 4.79 Å². The van der Waals surface area contributed by atoms with E-state index in [1.807, 2.05) is 48.5 Å². The highest BCUT2D eigenvalue weighted by atomic mass is 16.6. The molecule has 0 aliphatic carbocycles.